The van der Waals surface area contributed by atoms with Gasteiger partial charge in [0.15, 0.2) is 6.61 Å². The second-order valence-electron chi connectivity index (χ2n) is 8.27. The number of hydrogen-bond acceptors (Lipinski definition) is 7. The number of carbonyl (C=O) groups is 2. The van der Waals surface area contributed by atoms with E-state index in [4.69, 9.17) is 18.6 Å². The Morgan fingerprint density at radius 3 is 2.13 bits per heavy atom. The molecule has 0 fully saturated rings. The predicted molar refractivity (Wildman–Crippen MR) is 145 cm³/mol. The van der Waals surface area contributed by atoms with Gasteiger partial charge in [0.1, 0.15) is 22.8 Å². The van der Waals surface area contributed by atoms with Crippen molar-refractivity contribution in [1.82, 2.24) is 0 Å². The maximum atomic E-state index is 12.8. The number of hydrogen-bond donors (Lipinski definition) is 2. The summed E-state index contributed by atoms with van der Waals surface area (Å²) in [5.41, 5.74) is 1.97. The topological polar surface area (TPSA) is 116 Å². The first-order chi connectivity index (χ1) is 18.4. The Bertz CT molecular complexity index is 1510. The molecule has 0 saturated heterocycles. The van der Waals surface area contributed by atoms with Crippen LogP contribution in [0.4, 0.5) is 11.4 Å². The number of anilines is 2. The first kappa shape index (κ1) is 26.3. The highest BCUT2D eigenvalue weighted by molar-refractivity contribution is 6.05. The van der Waals surface area contributed by atoms with Crippen molar-refractivity contribution in [3.63, 3.8) is 0 Å². The summed E-state index contributed by atoms with van der Waals surface area (Å²) in [7, 11) is 0. The lowest BCUT2D eigenvalue weighted by Crippen LogP contribution is -2.21. The molecule has 4 rings (SSSR count). The number of ether oxygens (including phenoxy) is 3. The highest BCUT2D eigenvalue weighted by Gasteiger charge is 2.17. The highest BCUT2D eigenvalue weighted by Crippen LogP contribution is 2.37. The molecular formula is C29H28N2O7. The van der Waals surface area contributed by atoms with Crippen LogP contribution in [0, 0.1) is 6.92 Å². The van der Waals surface area contributed by atoms with E-state index in [1.165, 1.54) is 6.07 Å². The van der Waals surface area contributed by atoms with E-state index in [0.717, 1.165) is 10.9 Å². The Hall–Kier alpha value is -4.79. The Kier molecular flexibility index (Phi) is 8.27. The van der Waals surface area contributed by atoms with Crippen molar-refractivity contribution in [1.29, 1.82) is 0 Å². The number of nitrogens with one attached hydrogen (secondary N) is 2. The third kappa shape index (κ3) is 6.31. The van der Waals surface area contributed by atoms with E-state index in [9.17, 15) is 14.4 Å². The fourth-order valence-corrected chi connectivity index (χ4v) is 3.82. The molecular weight excluding hydrogens is 488 g/mol. The van der Waals surface area contributed by atoms with E-state index in [2.05, 4.69) is 10.6 Å². The van der Waals surface area contributed by atoms with E-state index < -0.39 is 11.5 Å². The van der Waals surface area contributed by atoms with Crippen molar-refractivity contribution in [2.45, 2.75) is 20.8 Å². The zero-order valence-corrected chi connectivity index (χ0v) is 21.3. The van der Waals surface area contributed by atoms with E-state index in [1.54, 1.807) is 54.6 Å². The second-order valence-corrected chi connectivity index (χ2v) is 8.27. The van der Waals surface area contributed by atoms with E-state index in [-0.39, 0.29) is 12.5 Å². The summed E-state index contributed by atoms with van der Waals surface area (Å²) in [6.45, 7) is 5.82. The van der Waals surface area contributed by atoms with Gasteiger partial charge >= 0.3 is 5.63 Å². The van der Waals surface area contributed by atoms with Crippen LogP contribution in [0.1, 0.15) is 29.8 Å². The van der Waals surface area contributed by atoms with Gasteiger partial charge in [-0.1, -0.05) is 18.2 Å². The third-order valence-electron chi connectivity index (χ3n) is 5.53. The fourth-order valence-electron chi connectivity index (χ4n) is 3.82. The van der Waals surface area contributed by atoms with Gasteiger partial charge in [0, 0.05) is 35.2 Å². The minimum Gasteiger partial charge on any atom is -0.492 e. The fraction of sp³-hybridized carbons (Fsp3) is 0.207. The number of carbonyl (C=O) groups excluding carboxylic acids is 2. The van der Waals surface area contributed by atoms with Gasteiger partial charge in [-0.05, 0) is 50.6 Å². The SMILES string of the molecule is CCOc1cc(NC(=O)c2ccccc2)c(OCC)cc1NC(=O)COc1ccc2c(C)cc(=O)oc2c1. The molecule has 0 aliphatic heterocycles. The summed E-state index contributed by atoms with van der Waals surface area (Å²) in [5.74, 6) is 0.355. The smallest absolute Gasteiger partial charge is 0.336 e. The van der Waals surface area contributed by atoms with Crippen LogP contribution >= 0.6 is 0 Å². The van der Waals surface area contributed by atoms with Crippen LogP contribution in [-0.4, -0.2) is 31.6 Å². The highest BCUT2D eigenvalue weighted by atomic mass is 16.5. The lowest BCUT2D eigenvalue weighted by Gasteiger charge is -2.18. The Morgan fingerprint density at radius 2 is 1.47 bits per heavy atom. The summed E-state index contributed by atoms with van der Waals surface area (Å²) in [6.07, 6.45) is 0. The number of amides is 2. The molecule has 196 valence electrons. The molecule has 0 aliphatic rings. The van der Waals surface area contributed by atoms with E-state index in [0.29, 0.717) is 53.0 Å². The van der Waals surface area contributed by atoms with Gasteiger partial charge in [-0.2, -0.15) is 0 Å². The van der Waals surface area contributed by atoms with E-state index >= 15 is 0 Å². The normalized spacial score (nSPS) is 10.6. The number of benzene rings is 3. The molecule has 0 unspecified atom stereocenters. The van der Waals surface area contributed by atoms with Crippen LogP contribution in [0.15, 0.2) is 75.9 Å². The maximum Gasteiger partial charge on any atom is 0.336 e. The molecule has 0 bridgehead atoms. The molecule has 0 saturated carbocycles. The summed E-state index contributed by atoms with van der Waals surface area (Å²) in [5, 5.41) is 6.41. The number of fused-ring (bicyclic) bond motifs is 1. The number of aryl methyl sites for hydroxylation is 1. The first-order valence-electron chi connectivity index (χ1n) is 12.1. The first-order valence-corrected chi connectivity index (χ1v) is 12.1. The monoisotopic (exact) mass is 516 g/mol. The van der Waals surface area contributed by atoms with Crippen molar-refractivity contribution in [3.8, 4) is 17.2 Å². The Labute approximate surface area is 219 Å². The molecule has 2 amide bonds. The van der Waals surface area contributed by atoms with Crippen molar-refractivity contribution in [2.24, 2.45) is 0 Å². The molecule has 38 heavy (non-hydrogen) atoms. The zero-order valence-electron chi connectivity index (χ0n) is 21.3. The van der Waals surface area contributed by atoms with Gasteiger partial charge in [0.05, 0.1) is 24.6 Å². The van der Waals surface area contributed by atoms with E-state index in [1.807, 2.05) is 26.8 Å². The third-order valence-corrected chi connectivity index (χ3v) is 5.53. The molecule has 2 N–H and O–H groups in total. The molecule has 0 atom stereocenters. The number of rotatable bonds is 10. The molecule has 1 aromatic heterocycles. The van der Waals surface area contributed by atoms with Gasteiger partial charge < -0.3 is 29.3 Å². The van der Waals surface area contributed by atoms with Gasteiger partial charge in [0.25, 0.3) is 11.8 Å². The van der Waals surface area contributed by atoms with Crippen molar-refractivity contribution >= 4 is 34.2 Å². The van der Waals surface area contributed by atoms with Crippen LogP contribution in [0.2, 0.25) is 0 Å². The van der Waals surface area contributed by atoms with Crippen molar-refractivity contribution in [2.75, 3.05) is 30.5 Å². The quantitative estimate of drug-likeness (QED) is 0.279. The summed E-state index contributed by atoms with van der Waals surface area (Å²) >= 11 is 0. The van der Waals surface area contributed by atoms with Crippen LogP contribution in [0.3, 0.4) is 0 Å². The van der Waals surface area contributed by atoms with Crippen molar-refractivity contribution in [3.05, 3.63) is 88.3 Å². The molecule has 9 nitrogen and oxygen atoms in total. The minimum absolute atomic E-state index is 0.302. The zero-order chi connectivity index (χ0) is 27.1. The molecule has 0 radical (unpaired) electrons. The van der Waals surface area contributed by atoms with Crippen molar-refractivity contribution < 1.29 is 28.2 Å². The van der Waals surface area contributed by atoms with Crippen LogP contribution < -0.4 is 30.5 Å². The Morgan fingerprint density at radius 1 is 0.816 bits per heavy atom. The predicted octanol–water partition coefficient (Wildman–Crippen LogP) is 5.17. The summed E-state index contributed by atoms with van der Waals surface area (Å²) < 4.78 is 22.3. The average Bonchev–Trinajstić information content (AvgIpc) is 2.90. The second kappa shape index (κ2) is 12.0. The Balaban J connectivity index is 1.51. The molecule has 0 spiro atoms. The van der Waals surface area contributed by atoms with Gasteiger partial charge in [-0.15, -0.1) is 0 Å². The molecule has 3 aromatic carbocycles. The largest absolute Gasteiger partial charge is 0.492 e. The minimum atomic E-state index is -0.457. The molecule has 9 heteroatoms. The summed E-state index contributed by atoms with van der Waals surface area (Å²) in [4.78, 5) is 37.2. The van der Waals surface area contributed by atoms with Crippen LogP contribution in [0.5, 0.6) is 17.2 Å². The molecule has 1 heterocycles. The average molecular weight is 517 g/mol. The summed E-state index contributed by atoms with van der Waals surface area (Å²) in [6, 6.07) is 18.5. The van der Waals surface area contributed by atoms with Gasteiger partial charge in [-0.25, -0.2) is 4.79 Å². The van der Waals surface area contributed by atoms with Crippen LogP contribution in [-0.2, 0) is 4.79 Å². The van der Waals surface area contributed by atoms with Gasteiger partial charge in [-0.3, -0.25) is 9.59 Å². The standard InChI is InChI=1S/C29H28N2O7/c1-4-35-25-16-23(31-29(34)19-9-7-6-8-10-19)26(36-5-2)15-22(25)30-27(32)17-37-20-11-12-21-18(3)13-28(33)38-24(21)14-20/h6-16H,4-5,17H2,1-3H3,(H,30,32)(H,31,34). The maximum absolute atomic E-state index is 12.8. The van der Waals surface area contributed by atoms with Gasteiger partial charge in [0.2, 0.25) is 0 Å². The molecule has 0 aliphatic carbocycles. The lowest BCUT2D eigenvalue weighted by atomic mass is 10.1. The van der Waals surface area contributed by atoms with Crippen LogP contribution in [0.25, 0.3) is 11.0 Å². The lowest BCUT2D eigenvalue weighted by molar-refractivity contribution is -0.118. The molecule has 4 aromatic rings.